The number of para-hydroxylation sites is 2. The van der Waals surface area contributed by atoms with Crippen LogP contribution in [0, 0.1) is 0 Å². The van der Waals surface area contributed by atoms with E-state index in [0.717, 1.165) is 22.5 Å². The Balaban J connectivity index is 1.43. The number of rotatable bonds is 14. The standard InChI is InChI=1S/C26H36N2O2S5Si2/c1-29-25(36(3)4)17(23-27-19-11-7-9-13-21(19)33-23)15-31-35-32-16-18(26(30-2)37(5)6)24-28-20-12-8-10-14-22(20)34-24/h7-14,17-18,25-26,36-37H,15-16H2,1-6H3. The van der Waals surface area contributed by atoms with Crippen molar-refractivity contribution in [3.8, 4) is 0 Å². The van der Waals surface area contributed by atoms with E-state index in [1.54, 1.807) is 0 Å². The van der Waals surface area contributed by atoms with E-state index in [-0.39, 0.29) is 11.5 Å². The zero-order valence-electron chi connectivity index (χ0n) is 22.2. The average molecular weight is 625 g/mol. The summed E-state index contributed by atoms with van der Waals surface area (Å²) in [6, 6.07) is 16.9. The first-order chi connectivity index (χ1) is 17.9. The van der Waals surface area contributed by atoms with Gasteiger partial charge in [0.2, 0.25) is 0 Å². The van der Waals surface area contributed by atoms with Crippen LogP contribution in [0.25, 0.3) is 20.4 Å². The molecule has 0 saturated heterocycles. The smallest absolute Gasteiger partial charge is 0.100 e. The lowest BCUT2D eigenvalue weighted by atomic mass is 10.2. The number of benzene rings is 2. The lowest BCUT2D eigenvalue weighted by molar-refractivity contribution is 0.144. The molecular formula is C26H36N2O2S5Si2. The van der Waals surface area contributed by atoms with E-state index in [9.17, 15) is 0 Å². The summed E-state index contributed by atoms with van der Waals surface area (Å²) in [4.78, 5) is 10.0. The maximum Gasteiger partial charge on any atom is 0.100 e. The van der Waals surface area contributed by atoms with E-state index in [0.29, 0.717) is 11.8 Å². The molecule has 4 atom stereocenters. The second-order valence-corrected chi connectivity index (χ2v) is 22.5. The van der Waals surface area contributed by atoms with Crippen LogP contribution in [0.15, 0.2) is 48.5 Å². The van der Waals surface area contributed by atoms with E-state index < -0.39 is 17.6 Å². The van der Waals surface area contributed by atoms with Crippen LogP contribution in [0.4, 0.5) is 0 Å². The fraction of sp³-hybridized carbons (Fsp3) is 0.462. The minimum absolute atomic E-state index is 0.277. The molecule has 0 aliphatic carbocycles. The molecule has 0 amide bonds. The lowest BCUT2D eigenvalue weighted by Crippen LogP contribution is -2.34. The highest BCUT2D eigenvalue weighted by atomic mass is 33.5. The topological polar surface area (TPSA) is 44.2 Å². The summed E-state index contributed by atoms with van der Waals surface area (Å²) in [7, 11) is 7.47. The Hall–Kier alpha value is -0.376. The van der Waals surface area contributed by atoms with Crippen LogP contribution in [-0.2, 0) is 9.47 Å². The molecule has 0 spiro atoms. The summed E-state index contributed by atoms with van der Waals surface area (Å²) in [6.07, 6.45) is 0. The van der Waals surface area contributed by atoms with E-state index in [1.165, 1.54) is 19.4 Å². The van der Waals surface area contributed by atoms with E-state index in [2.05, 4.69) is 74.7 Å². The number of thiazole rings is 2. The number of hydrogen-bond donors (Lipinski definition) is 0. The van der Waals surface area contributed by atoms with Gasteiger partial charge in [-0.1, -0.05) is 72.0 Å². The van der Waals surface area contributed by atoms with Crippen LogP contribution in [-0.4, -0.2) is 64.7 Å². The summed E-state index contributed by atoms with van der Waals surface area (Å²) in [5, 5.41) is 2.43. The Morgan fingerprint density at radius 1 is 0.703 bits per heavy atom. The summed E-state index contributed by atoms with van der Waals surface area (Å²) >= 11 is 3.65. The molecule has 2 aromatic carbocycles. The normalized spacial score (nSPS) is 15.6. The molecule has 0 radical (unpaired) electrons. The van der Waals surface area contributed by atoms with Crippen LogP contribution >= 0.6 is 54.1 Å². The highest BCUT2D eigenvalue weighted by Crippen LogP contribution is 2.44. The average Bonchev–Trinajstić information content (AvgIpc) is 3.51. The Morgan fingerprint density at radius 2 is 1.11 bits per heavy atom. The molecule has 200 valence electrons. The summed E-state index contributed by atoms with van der Waals surface area (Å²) in [6.45, 7) is 9.52. The monoisotopic (exact) mass is 624 g/mol. The zero-order chi connectivity index (χ0) is 26.4. The minimum atomic E-state index is -1.02. The van der Waals surface area contributed by atoms with E-state index in [1.807, 2.05) is 68.3 Å². The zero-order valence-corrected chi connectivity index (χ0v) is 28.6. The van der Waals surface area contributed by atoms with Gasteiger partial charge in [-0.15, -0.1) is 22.7 Å². The number of fused-ring (bicyclic) bond motifs is 2. The number of aromatic nitrogens is 2. The van der Waals surface area contributed by atoms with Crippen molar-refractivity contribution in [2.75, 3.05) is 25.7 Å². The van der Waals surface area contributed by atoms with Crippen molar-refractivity contribution in [2.45, 2.75) is 49.5 Å². The quantitative estimate of drug-likeness (QED) is 0.0803. The second kappa shape index (κ2) is 14.3. The highest BCUT2D eigenvalue weighted by molar-refractivity contribution is 9.09. The maximum atomic E-state index is 6.06. The molecule has 4 aromatic rings. The highest BCUT2D eigenvalue weighted by Gasteiger charge is 2.31. The number of nitrogens with zero attached hydrogens (tertiary/aromatic N) is 2. The first-order valence-electron chi connectivity index (χ1n) is 12.6. The van der Waals surface area contributed by atoms with Gasteiger partial charge in [-0.05, 0) is 34.1 Å². The van der Waals surface area contributed by atoms with Crippen molar-refractivity contribution in [1.82, 2.24) is 9.97 Å². The number of methoxy groups -OCH3 is 2. The molecule has 2 heterocycles. The van der Waals surface area contributed by atoms with Gasteiger partial charge in [-0.25, -0.2) is 9.97 Å². The Labute approximate surface area is 243 Å². The van der Waals surface area contributed by atoms with Crippen molar-refractivity contribution in [3.63, 3.8) is 0 Å². The van der Waals surface area contributed by atoms with E-state index in [4.69, 9.17) is 19.4 Å². The van der Waals surface area contributed by atoms with Gasteiger partial charge in [0, 0.05) is 37.6 Å². The summed E-state index contributed by atoms with van der Waals surface area (Å²) in [5.41, 5.74) is 2.75. The van der Waals surface area contributed by atoms with Crippen LogP contribution < -0.4 is 0 Å². The molecule has 4 rings (SSSR count). The molecule has 4 unspecified atom stereocenters. The Bertz CT molecular complexity index is 1110. The van der Waals surface area contributed by atoms with Crippen LogP contribution in [0.1, 0.15) is 21.9 Å². The molecule has 0 saturated carbocycles. The van der Waals surface area contributed by atoms with Crippen molar-refractivity contribution >= 4 is 92.1 Å². The van der Waals surface area contributed by atoms with Crippen LogP contribution in [0.5, 0.6) is 0 Å². The molecule has 0 bridgehead atoms. The van der Waals surface area contributed by atoms with Gasteiger partial charge in [0.25, 0.3) is 0 Å². The van der Waals surface area contributed by atoms with Crippen molar-refractivity contribution in [1.29, 1.82) is 0 Å². The predicted molar refractivity (Wildman–Crippen MR) is 177 cm³/mol. The third-order valence-electron chi connectivity index (χ3n) is 6.50. The van der Waals surface area contributed by atoms with Crippen molar-refractivity contribution in [2.24, 2.45) is 0 Å². The predicted octanol–water partition coefficient (Wildman–Crippen LogP) is 7.88. The van der Waals surface area contributed by atoms with E-state index >= 15 is 0 Å². The Kier molecular flexibility index (Phi) is 11.5. The molecule has 0 fully saturated rings. The van der Waals surface area contributed by atoms with Crippen LogP contribution in [0.3, 0.4) is 0 Å². The molecular weight excluding hydrogens is 589 g/mol. The second-order valence-electron chi connectivity index (χ2n) is 9.78. The van der Waals surface area contributed by atoms with Crippen molar-refractivity contribution in [3.05, 3.63) is 58.5 Å². The fourth-order valence-electron chi connectivity index (χ4n) is 4.75. The van der Waals surface area contributed by atoms with Crippen molar-refractivity contribution < 1.29 is 9.47 Å². The Morgan fingerprint density at radius 3 is 1.46 bits per heavy atom. The van der Waals surface area contributed by atoms with Gasteiger partial charge >= 0.3 is 0 Å². The SMILES string of the molecule is COC(C(CSSSCC(c1nc2ccccc2s1)C(OC)[SiH](C)C)c1nc2ccccc2s1)[SiH](C)C. The first-order valence-corrected chi connectivity index (χ1v) is 24.0. The molecule has 2 aromatic heterocycles. The molecule has 0 aliphatic rings. The van der Waals surface area contributed by atoms with Crippen LogP contribution in [0.2, 0.25) is 26.2 Å². The maximum absolute atomic E-state index is 6.06. The number of ether oxygens (including phenoxy) is 2. The lowest BCUT2D eigenvalue weighted by Gasteiger charge is -2.27. The summed E-state index contributed by atoms with van der Waals surface area (Å²) < 4.78 is 14.6. The molecule has 4 nitrogen and oxygen atoms in total. The third kappa shape index (κ3) is 7.43. The number of hydrogen-bond acceptors (Lipinski definition) is 9. The van der Waals surface area contributed by atoms with Gasteiger partial charge < -0.3 is 9.47 Å². The van der Waals surface area contributed by atoms with Gasteiger partial charge in [-0.3, -0.25) is 0 Å². The molecule has 37 heavy (non-hydrogen) atoms. The fourth-order valence-corrected chi connectivity index (χ4v) is 15.6. The first kappa shape index (κ1) is 29.6. The van der Waals surface area contributed by atoms with Gasteiger partial charge in [-0.2, -0.15) is 0 Å². The largest absolute Gasteiger partial charge is 0.384 e. The molecule has 0 aliphatic heterocycles. The minimum Gasteiger partial charge on any atom is -0.384 e. The van der Waals surface area contributed by atoms with Gasteiger partial charge in [0.05, 0.1) is 49.5 Å². The third-order valence-corrected chi connectivity index (χ3v) is 17.2. The molecule has 11 heteroatoms. The van der Waals surface area contributed by atoms with Gasteiger partial charge in [0.15, 0.2) is 0 Å². The van der Waals surface area contributed by atoms with Gasteiger partial charge in [0.1, 0.15) is 10.0 Å². The summed E-state index contributed by atoms with van der Waals surface area (Å²) in [5.74, 6) is 2.64. The molecule has 0 N–H and O–H groups in total.